The van der Waals surface area contributed by atoms with Crippen molar-refractivity contribution in [1.82, 2.24) is 4.90 Å². The van der Waals surface area contributed by atoms with E-state index < -0.39 is 0 Å². The number of amides is 1. The van der Waals surface area contributed by atoms with Gasteiger partial charge in [0, 0.05) is 13.1 Å². The minimum atomic E-state index is 0.0377. The van der Waals surface area contributed by atoms with Crippen molar-refractivity contribution in [3.63, 3.8) is 0 Å². The summed E-state index contributed by atoms with van der Waals surface area (Å²) in [5.74, 6) is 0.790. The van der Waals surface area contributed by atoms with E-state index in [9.17, 15) is 4.79 Å². The van der Waals surface area contributed by atoms with Crippen LogP contribution >= 0.6 is 0 Å². The van der Waals surface area contributed by atoms with Gasteiger partial charge in [0.15, 0.2) is 0 Å². The molecule has 0 saturated carbocycles. The molecule has 0 unspecified atom stereocenters. The van der Waals surface area contributed by atoms with E-state index in [0.29, 0.717) is 38.4 Å². The highest BCUT2D eigenvalue weighted by Gasteiger charge is 2.23. The van der Waals surface area contributed by atoms with Gasteiger partial charge in [0.05, 0.1) is 19.4 Å². The third kappa shape index (κ3) is 3.43. The van der Waals surface area contributed by atoms with E-state index in [1.54, 1.807) is 0 Å². The van der Waals surface area contributed by atoms with Gasteiger partial charge >= 0.3 is 0 Å². The van der Waals surface area contributed by atoms with Crippen molar-refractivity contribution in [2.24, 2.45) is 0 Å². The zero-order chi connectivity index (χ0) is 15.2. The summed E-state index contributed by atoms with van der Waals surface area (Å²) in [5, 5.41) is 3.32. The maximum absolute atomic E-state index is 12.6. The Morgan fingerprint density at radius 1 is 1.14 bits per heavy atom. The molecule has 0 spiro atoms. The summed E-state index contributed by atoms with van der Waals surface area (Å²) in [4.78, 5) is 17.6. The van der Waals surface area contributed by atoms with E-state index in [1.807, 2.05) is 41.4 Å². The molecule has 1 aromatic carbocycles. The fourth-order valence-corrected chi connectivity index (χ4v) is 2.48. The second-order valence-electron chi connectivity index (χ2n) is 5.20. The van der Waals surface area contributed by atoms with Crippen molar-refractivity contribution in [3.05, 3.63) is 59.8 Å². The van der Waals surface area contributed by atoms with Gasteiger partial charge in [0.1, 0.15) is 12.1 Å². The first kappa shape index (κ1) is 14.5. The molecule has 1 aliphatic heterocycles. The fraction of sp³-hybridized carbons (Fsp3) is 0.294. The van der Waals surface area contributed by atoms with Gasteiger partial charge in [-0.05, 0) is 17.7 Å². The summed E-state index contributed by atoms with van der Waals surface area (Å²) in [6.07, 6.45) is 1.82. The molecule has 1 fully saturated rings. The van der Waals surface area contributed by atoms with Crippen LogP contribution in [0.25, 0.3) is 0 Å². The molecule has 0 aliphatic carbocycles. The van der Waals surface area contributed by atoms with Crippen molar-refractivity contribution < 1.29 is 14.5 Å². The molecule has 2 heterocycles. The molecule has 114 valence electrons. The lowest BCUT2D eigenvalue weighted by Crippen LogP contribution is -2.41. The summed E-state index contributed by atoms with van der Waals surface area (Å²) in [6.45, 7) is 3.17. The zero-order valence-electron chi connectivity index (χ0n) is 12.4. The van der Waals surface area contributed by atoms with Crippen LogP contribution in [0.4, 0.5) is 5.82 Å². The van der Waals surface area contributed by atoms with E-state index in [4.69, 9.17) is 4.74 Å². The molecule has 5 heteroatoms. The summed E-state index contributed by atoms with van der Waals surface area (Å²) in [7, 11) is 0. The zero-order valence-corrected chi connectivity index (χ0v) is 12.4. The molecule has 1 aliphatic rings. The lowest BCUT2D eigenvalue weighted by Gasteiger charge is -2.26. The van der Waals surface area contributed by atoms with Gasteiger partial charge in [0.25, 0.3) is 11.7 Å². The Morgan fingerprint density at radius 3 is 2.68 bits per heavy atom. The minimum absolute atomic E-state index is 0.0377. The Hall–Kier alpha value is -2.40. The van der Waals surface area contributed by atoms with E-state index >= 15 is 0 Å². The number of morpholine rings is 1. The van der Waals surface area contributed by atoms with Gasteiger partial charge in [-0.2, -0.15) is 0 Å². The maximum Gasteiger partial charge on any atom is 0.285 e. The fourth-order valence-electron chi connectivity index (χ4n) is 2.48. The Balaban J connectivity index is 1.73. The van der Waals surface area contributed by atoms with Crippen LogP contribution in [0.5, 0.6) is 0 Å². The second-order valence-corrected chi connectivity index (χ2v) is 5.20. The highest BCUT2D eigenvalue weighted by Crippen LogP contribution is 2.14. The normalized spacial score (nSPS) is 14.6. The third-order valence-electron chi connectivity index (χ3n) is 3.70. The SMILES string of the molecule is O=C(c1ccc[nH+]c1NCc1ccccc1)N1CCOCC1. The number of hydrogen-bond acceptors (Lipinski definition) is 3. The van der Waals surface area contributed by atoms with E-state index in [0.717, 1.165) is 5.82 Å². The topological polar surface area (TPSA) is 55.7 Å². The first-order valence-electron chi connectivity index (χ1n) is 7.50. The number of pyridine rings is 1. The standard InChI is InChI=1S/C17H19N3O2/c21-17(20-9-11-22-12-10-20)15-7-4-8-18-16(15)19-13-14-5-2-1-3-6-14/h1-8H,9-13H2,(H,18,19)/p+1. The number of ether oxygens (including phenoxy) is 1. The monoisotopic (exact) mass is 298 g/mol. The molecule has 3 rings (SSSR count). The first-order chi connectivity index (χ1) is 10.8. The van der Waals surface area contributed by atoms with Crippen LogP contribution in [0, 0.1) is 0 Å². The Morgan fingerprint density at radius 2 is 1.91 bits per heavy atom. The molecule has 2 aromatic rings. The van der Waals surface area contributed by atoms with Gasteiger partial charge in [-0.1, -0.05) is 30.3 Å². The van der Waals surface area contributed by atoms with Crippen LogP contribution in [-0.2, 0) is 11.3 Å². The molecule has 1 amide bonds. The van der Waals surface area contributed by atoms with Crippen molar-refractivity contribution in [2.75, 3.05) is 31.6 Å². The number of aromatic nitrogens is 1. The summed E-state index contributed by atoms with van der Waals surface area (Å²) in [5.41, 5.74) is 1.84. The number of carbonyl (C=O) groups excluding carboxylic acids is 1. The number of aromatic amines is 1. The van der Waals surface area contributed by atoms with Gasteiger partial charge < -0.3 is 9.64 Å². The number of carbonyl (C=O) groups is 1. The number of nitrogens with one attached hydrogen (secondary N) is 2. The van der Waals surface area contributed by atoms with Crippen molar-refractivity contribution >= 4 is 11.7 Å². The third-order valence-corrected chi connectivity index (χ3v) is 3.70. The number of benzene rings is 1. The molecule has 0 bridgehead atoms. The molecule has 1 aromatic heterocycles. The van der Waals surface area contributed by atoms with Crippen molar-refractivity contribution in [3.8, 4) is 0 Å². The molecule has 0 atom stereocenters. The Bertz CT molecular complexity index is 625. The van der Waals surface area contributed by atoms with Gasteiger partial charge in [-0.3, -0.25) is 10.1 Å². The largest absolute Gasteiger partial charge is 0.378 e. The summed E-state index contributed by atoms with van der Waals surface area (Å²) >= 11 is 0. The number of nitrogens with zero attached hydrogens (tertiary/aromatic N) is 1. The molecule has 5 nitrogen and oxygen atoms in total. The molecule has 2 N–H and O–H groups in total. The second kappa shape index (κ2) is 7.04. The highest BCUT2D eigenvalue weighted by molar-refractivity contribution is 5.98. The van der Waals surface area contributed by atoms with E-state index in [1.165, 1.54) is 5.56 Å². The summed E-state index contributed by atoms with van der Waals surface area (Å²) < 4.78 is 5.30. The maximum atomic E-state index is 12.6. The first-order valence-corrected chi connectivity index (χ1v) is 7.50. The Labute approximate surface area is 129 Å². The predicted octanol–water partition coefficient (Wildman–Crippen LogP) is 1.59. The number of hydrogen-bond donors (Lipinski definition) is 1. The van der Waals surface area contributed by atoms with Crippen LogP contribution in [-0.4, -0.2) is 37.1 Å². The van der Waals surface area contributed by atoms with Crippen molar-refractivity contribution in [2.45, 2.75) is 6.54 Å². The lowest BCUT2D eigenvalue weighted by molar-refractivity contribution is -0.361. The van der Waals surface area contributed by atoms with Crippen LogP contribution < -0.4 is 10.3 Å². The van der Waals surface area contributed by atoms with Crippen LogP contribution in [0.3, 0.4) is 0 Å². The molecule has 22 heavy (non-hydrogen) atoms. The highest BCUT2D eigenvalue weighted by atomic mass is 16.5. The van der Waals surface area contributed by atoms with E-state index in [2.05, 4.69) is 22.4 Å². The quantitative estimate of drug-likeness (QED) is 0.932. The average Bonchev–Trinajstić information content (AvgIpc) is 2.61. The van der Waals surface area contributed by atoms with Crippen LogP contribution in [0.15, 0.2) is 48.7 Å². The lowest BCUT2D eigenvalue weighted by atomic mass is 10.2. The number of H-pyrrole nitrogens is 1. The Kier molecular flexibility index (Phi) is 4.65. The molecular formula is C17H20N3O2+. The summed E-state index contributed by atoms with van der Waals surface area (Å²) in [6, 6.07) is 13.8. The van der Waals surface area contributed by atoms with Gasteiger partial charge in [0.2, 0.25) is 0 Å². The van der Waals surface area contributed by atoms with Crippen molar-refractivity contribution in [1.29, 1.82) is 0 Å². The average molecular weight is 298 g/mol. The van der Waals surface area contributed by atoms with Crippen LogP contribution in [0.1, 0.15) is 15.9 Å². The van der Waals surface area contributed by atoms with Gasteiger partial charge in [-0.25, -0.2) is 4.98 Å². The van der Waals surface area contributed by atoms with Gasteiger partial charge in [-0.15, -0.1) is 0 Å². The number of rotatable bonds is 4. The molecular weight excluding hydrogens is 278 g/mol. The number of anilines is 1. The van der Waals surface area contributed by atoms with E-state index in [-0.39, 0.29) is 5.91 Å². The van der Waals surface area contributed by atoms with Crippen LogP contribution in [0.2, 0.25) is 0 Å². The smallest absolute Gasteiger partial charge is 0.285 e. The predicted molar refractivity (Wildman–Crippen MR) is 83.5 cm³/mol. The molecule has 0 radical (unpaired) electrons. The molecule has 1 saturated heterocycles. The minimum Gasteiger partial charge on any atom is -0.378 e.